The summed E-state index contributed by atoms with van der Waals surface area (Å²) >= 11 is 0. The Labute approximate surface area is 128 Å². The fourth-order valence-corrected chi connectivity index (χ4v) is 2.41. The van der Waals surface area contributed by atoms with Crippen LogP contribution in [0.4, 0.5) is 0 Å². The van der Waals surface area contributed by atoms with Crippen molar-refractivity contribution >= 4 is 0 Å². The van der Waals surface area contributed by atoms with Crippen molar-refractivity contribution in [3.8, 4) is 16.9 Å². The lowest BCUT2D eigenvalue weighted by Gasteiger charge is -2.15. The first-order valence-electron chi connectivity index (χ1n) is 7.96. The minimum absolute atomic E-state index is 0.283. The van der Waals surface area contributed by atoms with Crippen molar-refractivity contribution < 1.29 is 4.74 Å². The predicted molar refractivity (Wildman–Crippen MR) is 88.5 cm³/mol. The van der Waals surface area contributed by atoms with Gasteiger partial charge in [0.25, 0.3) is 0 Å². The lowest BCUT2D eigenvalue weighted by atomic mass is 10.1. The number of rotatable bonds is 8. The van der Waals surface area contributed by atoms with Crippen LogP contribution in [0.3, 0.4) is 0 Å². The minimum Gasteiger partial charge on any atom is -0.491 e. The van der Waals surface area contributed by atoms with E-state index in [2.05, 4.69) is 37.0 Å². The number of hydrogen-bond donors (Lipinski definition) is 0. The van der Waals surface area contributed by atoms with Gasteiger partial charge < -0.3 is 4.74 Å². The third-order valence-corrected chi connectivity index (χ3v) is 3.65. The fourth-order valence-electron chi connectivity index (χ4n) is 2.41. The van der Waals surface area contributed by atoms with Crippen LogP contribution < -0.4 is 4.74 Å². The van der Waals surface area contributed by atoms with E-state index in [9.17, 15) is 0 Å². The van der Waals surface area contributed by atoms with E-state index in [0.29, 0.717) is 0 Å². The summed E-state index contributed by atoms with van der Waals surface area (Å²) in [5.74, 6) is 0.950. The summed E-state index contributed by atoms with van der Waals surface area (Å²) in [4.78, 5) is 4.15. The van der Waals surface area contributed by atoms with Gasteiger partial charge in [0, 0.05) is 12.4 Å². The van der Waals surface area contributed by atoms with Gasteiger partial charge in [-0.1, -0.05) is 44.4 Å². The molecule has 0 bridgehead atoms. The summed E-state index contributed by atoms with van der Waals surface area (Å²) in [6, 6.07) is 12.3. The summed E-state index contributed by atoms with van der Waals surface area (Å²) in [7, 11) is 0. The Hall–Kier alpha value is -1.83. The van der Waals surface area contributed by atoms with Crippen LogP contribution in [0.2, 0.25) is 0 Å². The highest BCUT2D eigenvalue weighted by Crippen LogP contribution is 2.22. The van der Waals surface area contributed by atoms with Gasteiger partial charge in [-0.3, -0.25) is 4.98 Å². The molecule has 1 atom stereocenters. The first-order chi connectivity index (χ1) is 10.3. The van der Waals surface area contributed by atoms with E-state index in [1.54, 1.807) is 6.20 Å². The summed E-state index contributed by atoms with van der Waals surface area (Å²) in [6.07, 6.45) is 10.3. The van der Waals surface area contributed by atoms with Gasteiger partial charge in [0.15, 0.2) is 0 Å². The van der Waals surface area contributed by atoms with Crippen LogP contribution in [0.5, 0.6) is 5.75 Å². The number of benzene rings is 1. The van der Waals surface area contributed by atoms with Crippen LogP contribution in [0, 0.1) is 0 Å². The van der Waals surface area contributed by atoms with Crippen LogP contribution in [0.25, 0.3) is 11.1 Å². The summed E-state index contributed by atoms with van der Waals surface area (Å²) in [6.45, 7) is 4.39. The number of pyridine rings is 1. The lowest BCUT2D eigenvalue weighted by molar-refractivity contribution is 0.206. The molecule has 1 heterocycles. The Balaban J connectivity index is 1.85. The number of aromatic nitrogens is 1. The van der Waals surface area contributed by atoms with E-state index in [1.807, 2.05) is 24.4 Å². The van der Waals surface area contributed by atoms with E-state index in [-0.39, 0.29) is 6.10 Å². The van der Waals surface area contributed by atoms with Gasteiger partial charge in [-0.15, -0.1) is 0 Å². The molecule has 0 aliphatic carbocycles. The highest BCUT2D eigenvalue weighted by atomic mass is 16.5. The maximum atomic E-state index is 5.97. The molecule has 0 fully saturated rings. The van der Waals surface area contributed by atoms with Gasteiger partial charge in [-0.25, -0.2) is 0 Å². The largest absolute Gasteiger partial charge is 0.491 e. The normalized spacial score (nSPS) is 12.1. The van der Waals surface area contributed by atoms with Crippen LogP contribution in [0.15, 0.2) is 48.8 Å². The highest BCUT2D eigenvalue weighted by Gasteiger charge is 2.04. The number of hydrogen-bond acceptors (Lipinski definition) is 2. The molecule has 0 spiro atoms. The Morgan fingerprint density at radius 1 is 1.00 bits per heavy atom. The Morgan fingerprint density at radius 2 is 1.81 bits per heavy atom. The molecule has 0 N–H and O–H groups in total. The number of nitrogens with zero attached hydrogens (tertiary/aromatic N) is 1. The smallest absolute Gasteiger partial charge is 0.119 e. The zero-order valence-corrected chi connectivity index (χ0v) is 13.1. The van der Waals surface area contributed by atoms with E-state index in [4.69, 9.17) is 4.74 Å². The molecule has 2 aromatic rings. The molecule has 2 nitrogen and oxygen atoms in total. The molecule has 0 radical (unpaired) electrons. The molecular weight excluding hydrogens is 258 g/mol. The topological polar surface area (TPSA) is 22.1 Å². The molecule has 21 heavy (non-hydrogen) atoms. The average Bonchev–Trinajstić information content (AvgIpc) is 2.53. The molecule has 0 aliphatic rings. The Kier molecular flexibility index (Phi) is 6.26. The van der Waals surface area contributed by atoms with Gasteiger partial charge >= 0.3 is 0 Å². The van der Waals surface area contributed by atoms with Crippen molar-refractivity contribution in [2.45, 2.75) is 52.1 Å². The number of unbranched alkanes of at least 4 members (excludes halogenated alkanes) is 3. The molecular formula is C19H25NO. The molecule has 1 unspecified atom stereocenters. The van der Waals surface area contributed by atoms with E-state index in [0.717, 1.165) is 17.7 Å². The molecule has 0 aliphatic heterocycles. The number of ether oxygens (including phenoxy) is 1. The lowest BCUT2D eigenvalue weighted by Crippen LogP contribution is -2.11. The van der Waals surface area contributed by atoms with Crippen molar-refractivity contribution in [1.29, 1.82) is 0 Å². The second kappa shape index (κ2) is 8.46. The third-order valence-electron chi connectivity index (χ3n) is 3.65. The van der Waals surface area contributed by atoms with Crippen LogP contribution in [-0.2, 0) is 0 Å². The van der Waals surface area contributed by atoms with Crippen molar-refractivity contribution in [3.05, 3.63) is 48.8 Å². The Morgan fingerprint density at radius 3 is 2.48 bits per heavy atom. The summed E-state index contributed by atoms with van der Waals surface area (Å²) in [5.41, 5.74) is 2.31. The zero-order chi connectivity index (χ0) is 14.9. The predicted octanol–water partition coefficient (Wildman–Crippen LogP) is 5.49. The van der Waals surface area contributed by atoms with E-state index in [1.165, 1.54) is 31.2 Å². The fraction of sp³-hybridized carbons (Fsp3) is 0.421. The van der Waals surface area contributed by atoms with Gasteiger partial charge in [0.1, 0.15) is 5.75 Å². The van der Waals surface area contributed by atoms with Crippen molar-refractivity contribution in [2.75, 3.05) is 0 Å². The maximum Gasteiger partial charge on any atom is 0.119 e. The molecule has 112 valence electrons. The van der Waals surface area contributed by atoms with Gasteiger partial charge in [0.05, 0.1) is 6.10 Å². The van der Waals surface area contributed by atoms with Crippen molar-refractivity contribution in [2.24, 2.45) is 0 Å². The molecule has 0 saturated heterocycles. The SMILES string of the molecule is CCCCCCC(C)Oc1ccc(-c2cccnc2)cc1. The van der Waals surface area contributed by atoms with Crippen LogP contribution >= 0.6 is 0 Å². The van der Waals surface area contributed by atoms with E-state index >= 15 is 0 Å². The molecule has 2 rings (SSSR count). The molecule has 1 aromatic carbocycles. The molecule has 0 amide bonds. The Bertz CT molecular complexity index is 507. The van der Waals surface area contributed by atoms with E-state index < -0.39 is 0 Å². The monoisotopic (exact) mass is 283 g/mol. The third kappa shape index (κ3) is 5.22. The maximum absolute atomic E-state index is 5.97. The molecule has 1 aromatic heterocycles. The molecule has 2 heteroatoms. The summed E-state index contributed by atoms with van der Waals surface area (Å²) in [5, 5.41) is 0. The first-order valence-corrected chi connectivity index (χ1v) is 7.96. The highest BCUT2D eigenvalue weighted by molar-refractivity contribution is 5.62. The second-order valence-corrected chi connectivity index (χ2v) is 5.54. The van der Waals surface area contributed by atoms with Gasteiger partial charge in [-0.2, -0.15) is 0 Å². The summed E-state index contributed by atoms with van der Waals surface area (Å²) < 4.78 is 5.97. The second-order valence-electron chi connectivity index (χ2n) is 5.54. The van der Waals surface area contributed by atoms with Crippen molar-refractivity contribution in [3.63, 3.8) is 0 Å². The molecule has 0 saturated carbocycles. The van der Waals surface area contributed by atoms with Crippen LogP contribution in [-0.4, -0.2) is 11.1 Å². The standard InChI is InChI=1S/C19H25NO/c1-3-4-5-6-8-16(2)21-19-12-10-17(11-13-19)18-9-7-14-20-15-18/h7,9-16H,3-6,8H2,1-2H3. The van der Waals surface area contributed by atoms with Gasteiger partial charge in [-0.05, 0) is 49.1 Å². The van der Waals surface area contributed by atoms with Gasteiger partial charge in [0.2, 0.25) is 0 Å². The van der Waals surface area contributed by atoms with Crippen LogP contribution in [0.1, 0.15) is 46.0 Å². The van der Waals surface area contributed by atoms with Crippen molar-refractivity contribution in [1.82, 2.24) is 4.98 Å². The zero-order valence-electron chi connectivity index (χ0n) is 13.1. The quantitative estimate of drug-likeness (QED) is 0.598. The minimum atomic E-state index is 0.283. The first kappa shape index (κ1) is 15.6. The average molecular weight is 283 g/mol.